The maximum atomic E-state index is 12.3. The van der Waals surface area contributed by atoms with Crippen LogP contribution in [0.3, 0.4) is 0 Å². The summed E-state index contributed by atoms with van der Waals surface area (Å²) in [5.74, 6) is 0.846. The van der Waals surface area contributed by atoms with Crippen molar-refractivity contribution < 1.29 is 4.74 Å². The standard InChI is InChI=1S/C19H21N3O2/c1-14-6-4-9-18-20-16(11-19(23)22(14)18)13-21(2)12-15-7-5-8-17(10-15)24-3/h4-11H,12-13H2,1-3H3. The number of pyridine rings is 1. The number of hydrogen-bond acceptors (Lipinski definition) is 4. The van der Waals surface area contributed by atoms with Gasteiger partial charge in [-0.05, 0) is 43.8 Å². The van der Waals surface area contributed by atoms with E-state index >= 15 is 0 Å². The second kappa shape index (κ2) is 6.84. The van der Waals surface area contributed by atoms with Crippen LogP contribution in [0.1, 0.15) is 17.0 Å². The Hall–Kier alpha value is -2.66. The van der Waals surface area contributed by atoms with E-state index in [1.54, 1.807) is 17.6 Å². The summed E-state index contributed by atoms with van der Waals surface area (Å²) >= 11 is 0. The molecule has 0 aliphatic rings. The molecule has 0 saturated heterocycles. The summed E-state index contributed by atoms with van der Waals surface area (Å²) in [5.41, 5.74) is 3.47. The van der Waals surface area contributed by atoms with Crippen molar-refractivity contribution in [1.29, 1.82) is 0 Å². The normalized spacial score (nSPS) is 11.2. The van der Waals surface area contributed by atoms with Gasteiger partial charge in [0.1, 0.15) is 11.4 Å². The summed E-state index contributed by atoms with van der Waals surface area (Å²) in [4.78, 5) is 19.1. The van der Waals surface area contributed by atoms with Crippen molar-refractivity contribution in [3.05, 3.63) is 75.8 Å². The largest absolute Gasteiger partial charge is 0.497 e. The first-order chi connectivity index (χ1) is 11.6. The summed E-state index contributed by atoms with van der Waals surface area (Å²) in [6, 6.07) is 15.3. The van der Waals surface area contributed by atoms with Gasteiger partial charge in [-0.15, -0.1) is 0 Å². The molecule has 0 N–H and O–H groups in total. The predicted molar refractivity (Wildman–Crippen MR) is 94.4 cm³/mol. The molecule has 2 aromatic heterocycles. The molecule has 0 atom stereocenters. The van der Waals surface area contributed by atoms with Crippen molar-refractivity contribution in [2.45, 2.75) is 20.0 Å². The van der Waals surface area contributed by atoms with Crippen LogP contribution in [-0.2, 0) is 13.1 Å². The van der Waals surface area contributed by atoms with Crippen LogP contribution in [0.2, 0.25) is 0 Å². The van der Waals surface area contributed by atoms with E-state index in [0.29, 0.717) is 12.2 Å². The molecular formula is C19H21N3O2. The molecule has 5 heteroatoms. The predicted octanol–water partition coefficient (Wildman–Crippen LogP) is 2.64. The van der Waals surface area contributed by atoms with Gasteiger partial charge in [0.25, 0.3) is 5.56 Å². The van der Waals surface area contributed by atoms with Crippen molar-refractivity contribution in [1.82, 2.24) is 14.3 Å². The molecule has 124 valence electrons. The van der Waals surface area contributed by atoms with Gasteiger partial charge in [0, 0.05) is 24.8 Å². The smallest absolute Gasteiger partial charge is 0.258 e. The SMILES string of the molecule is COc1cccc(CN(C)Cc2cc(=O)n3c(C)cccc3n2)c1. The number of methoxy groups -OCH3 is 1. The molecule has 0 radical (unpaired) electrons. The number of aryl methyl sites for hydroxylation is 1. The van der Waals surface area contributed by atoms with Crippen LogP contribution < -0.4 is 10.3 Å². The van der Waals surface area contributed by atoms with Crippen LogP contribution in [0.25, 0.3) is 5.65 Å². The van der Waals surface area contributed by atoms with Crippen molar-refractivity contribution in [3.8, 4) is 5.75 Å². The van der Waals surface area contributed by atoms with E-state index in [1.807, 2.05) is 50.4 Å². The van der Waals surface area contributed by atoms with Gasteiger partial charge >= 0.3 is 0 Å². The van der Waals surface area contributed by atoms with Gasteiger partial charge in [-0.25, -0.2) is 4.98 Å². The number of benzene rings is 1. The summed E-state index contributed by atoms with van der Waals surface area (Å²) < 4.78 is 6.89. The third-order valence-electron chi connectivity index (χ3n) is 3.95. The number of fused-ring (bicyclic) bond motifs is 1. The summed E-state index contributed by atoms with van der Waals surface area (Å²) in [6.45, 7) is 3.27. The van der Waals surface area contributed by atoms with Gasteiger partial charge < -0.3 is 4.74 Å². The molecular weight excluding hydrogens is 302 g/mol. The molecule has 3 rings (SSSR count). The lowest BCUT2D eigenvalue weighted by atomic mass is 10.2. The van der Waals surface area contributed by atoms with Crippen LogP contribution in [0.5, 0.6) is 5.75 Å². The molecule has 0 aliphatic carbocycles. The lowest BCUT2D eigenvalue weighted by Gasteiger charge is -2.17. The van der Waals surface area contributed by atoms with Crippen molar-refractivity contribution in [2.75, 3.05) is 14.2 Å². The fraction of sp³-hybridized carbons (Fsp3) is 0.263. The Labute approximate surface area is 141 Å². The molecule has 0 fully saturated rings. The van der Waals surface area contributed by atoms with Crippen molar-refractivity contribution in [3.63, 3.8) is 0 Å². The minimum Gasteiger partial charge on any atom is -0.497 e. The molecule has 1 aromatic carbocycles. The van der Waals surface area contributed by atoms with E-state index in [4.69, 9.17) is 4.74 Å². The average molecular weight is 323 g/mol. The van der Waals surface area contributed by atoms with E-state index in [9.17, 15) is 4.79 Å². The van der Waals surface area contributed by atoms with Crippen molar-refractivity contribution >= 4 is 5.65 Å². The first-order valence-corrected chi connectivity index (χ1v) is 7.86. The Balaban J connectivity index is 1.80. The Kier molecular flexibility index (Phi) is 4.62. The van der Waals surface area contributed by atoms with Gasteiger partial charge in [0.05, 0.1) is 12.8 Å². The van der Waals surface area contributed by atoms with Crippen LogP contribution >= 0.6 is 0 Å². The van der Waals surface area contributed by atoms with E-state index in [-0.39, 0.29) is 5.56 Å². The lowest BCUT2D eigenvalue weighted by molar-refractivity contribution is 0.314. The minimum atomic E-state index is -0.0390. The highest BCUT2D eigenvalue weighted by atomic mass is 16.5. The molecule has 0 unspecified atom stereocenters. The second-order valence-corrected chi connectivity index (χ2v) is 5.97. The summed E-state index contributed by atoms with van der Waals surface area (Å²) in [6.07, 6.45) is 0. The lowest BCUT2D eigenvalue weighted by Crippen LogP contribution is -2.22. The molecule has 0 bridgehead atoms. The van der Waals surface area contributed by atoms with E-state index in [0.717, 1.165) is 29.2 Å². The number of nitrogens with zero attached hydrogens (tertiary/aromatic N) is 3. The van der Waals surface area contributed by atoms with Gasteiger partial charge in [0.2, 0.25) is 0 Å². The topological polar surface area (TPSA) is 46.8 Å². The first-order valence-electron chi connectivity index (χ1n) is 7.86. The van der Waals surface area contributed by atoms with Gasteiger partial charge in [-0.2, -0.15) is 0 Å². The monoisotopic (exact) mass is 323 g/mol. The molecule has 0 amide bonds. The van der Waals surface area contributed by atoms with E-state index in [2.05, 4.69) is 16.0 Å². The zero-order valence-electron chi connectivity index (χ0n) is 14.2. The highest BCUT2D eigenvalue weighted by Crippen LogP contribution is 2.14. The Morgan fingerprint density at radius 2 is 1.92 bits per heavy atom. The maximum absolute atomic E-state index is 12.3. The quantitative estimate of drug-likeness (QED) is 0.724. The van der Waals surface area contributed by atoms with Crippen LogP contribution in [-0.4, -0.2) is 28.4 Å². The number of rotatable bonds is 5. The highest BCUT2D eigenvalue weighted by molar-refractivity contribution is 5.40. The number of ether oxygens (including phenoxy) is 1. The average Bonchev–Trinajstić information content (AvgIpc) is 2.54. The maximum Gasteiger partial charge on any atom is 0.258 e. The third-order valence-corrected chi connectivity index (χ3v) is 3.95. The summed E-state index contributed by atoms with van der Waals surface area (Å²) in [5, 5.41) is 0. The first kappa shape index (κ1) is 16.2. The van der Waals surface area contributed by atoms with E-state index in [1.165, 1.54) is 0 Å². The van der Waals surface area contributed by atoms with Crippen LogP contribution in [0.15, 0.2) is 53.3 Å². The zero-order chi connectivity index (χ0) is 17.1. The van der Waals surface area contributed by atoms with Gasteiger partial charge in [-0.3, -0.25) is 14.1 Å². The zero-order valence-corrected chi connectivity index (χ0v) is 14.2. The van der Waals surface area contributed by atoms with Gasteiger partial charge in [0.15, 0.2) is 0 Å². The fourth-order valence-electron chi connectivity index (χ4n) is 2.86. The Morgan fingerprint density at radius 1 is 1.12 bits per heavy atom. The highest BCUT2D eigenvalue weighted by Gasteiger charge is 2.08. The number of hydrogen-bond donors (Lipinski definition) is 0. The van der Waals surface area contributed by atoms with E-state index < -0.39 is 0 Å². The fourth-order valence-corrected chi connectivity index (χ4v) is 2.86. The van der Waals surface area contributed by atoms with Crippen molar-refractivity contribution in [2.24, 2.45) is 0 Å². The molecule has 5 nitrogen and oxygen atoms in total. The van der Waals surface area contributed by atoms with Gasteiger partial charge in [-0.1, -0.05) is 18.2 Å². The van der Waals surface area contributed by atoms with Crippen LogP contribution in [0.4, 0.5) is 0 Å². The third kappa shape index (κ3) is 3.46. The molecule has 2 heterocycles. The second-order valence-electron chi connectivity index (χ2n) is 5.97. The Morgan fingerprint density at radius 3 is 2.71 bits per heavy atom. The Bertz CT molecular complexity index is 918. The van der Waals surface area contributed by atoms with Crippen LogP contribution in [0, 0.1) is 6.92 Å². The molecule has 3 aromatic rings. The molecule has 24 heavy (non-hydrogen) atoms. The number of aromatic nitrogens is 2. The molecule has 0 saturated carbocycles. The molecule has 0 aliphatic heterocycles. The minimum absolute atomic E-state index is 0.0390. The molecule has 0 spiro atoms. The summed E-state index contributed by atoms with van der Waals surface area (Å²) in [7, 11) is 3.68.